The first-order chi connectivity index (χ1) is 8.20. The van der Waals surface area contributed by atoms with Crippen molar-refractivity contribution in [3.05, 3.63) is 24.0 Å². The summed E-state index contributed by atoms with van der Waals surface area (Å²) >= 11 is 0. The summed E-state index contributed by atoms with van der Waals surface area (Å²) < 4.78 is 0. The molecule has 3 N–H and O–H groups in total. The number of pyridine rings is 1. The first kappa shape index (κ1) is 12.3. The number of aromatic nitrogens is 1. The van der Waals surface area contributed by atoms with E-state index in [0.29, 0.717) is 5.69 Å². The molecule has 1 saturated heterocycles. The molecular weight excluding hydrogens is 214 g/mol. The Hall–Kier alpha value is -1.13. The van der Waals surface area contributed by atoms with Crippen LogP contribution in [0.15, 0.2) is 18.3 Å². The normalized spacial score (nSPS) is 19.4. The molecule has 2 heterocycles. The van der Waals surface area contributed by atoms with E-state index in [9.17, 15) is 5.11 Å². The molecule has 1 fully saturated rings. The Morgan fingerprint density at radius 3 is 2.88 bits per heavy atom. The van der Waals surface area contributed by atoms with Crippen molar-refractivity contribution in [3.63, 3.8) is 0 Å². The summed E-state index contributed by atoms with van der Waals surface area (Å²) in [4.78, 5) is 6.52. The van der Waals surface area contributed by atoms with Crippen molar-refractivity contribution in [1.82, 2.24) is 4.98 Å². The van der Waals surface area contributed by atoms with E-state index >= 15 is 0 Å². The lowest BCUT2D eigenvalue weighted by Gasteiger charge is -2.32. The fourth-order valence-corrected chi connectivity index (χ4v) is 2.20. The number of hydrogen-bond donors (Lipinski definition) is 2. The van der Waals surface area contributed by atoms with Crippen molar-refractivity contribution in [3.8, 4) is 0 Å². The third-order valence-corrected chi connectivity index (χ3v) is 3.48. The molecule has 0 bridgehead atoms. The maximum atomic E-state index is 9.69. The minimum Gasteiger partial charge on any atom is -0.385 e. The lowest BCUT2D eigenvalue weighted by atomic mass is 9.99. The molecule has 1 aliphatic rings. The van der Waals surface area contributed by atoms with Gasteiger partial charge in [-0.15, -0.1) is 0 Å². The number of nitrogens with zero attached hydrogens (tertiary/aromatic N) is 2. The van der Waals surface area contributed by atoms with Crippen LogP contribution in [-0.4, -0.2) is 29.7 Å². The molecule has 0 amide bonds. The second-order valence-electron chi connectivity index (χ2n) is 4.86. The van der Waals surface area contributed by atoms with Gasteiger partial charge in [-0.2, -0.15) is 0 Å². The van der Waals surface area contributed by atoms with E-state index in [1.807, 2.05) is 12.1 Å². The summed E-state index contributed by atoms with van der Waals surface area (Å²) in [5.41, 5.74) is 7.26. The van der Waals surface area contributed by atoms with Crippen LogP contribution in [0, 0.1) is 5.92 Å². The van der Waals surface area contributed by atoms with Gasteiger partial charge in [0.25, 0.3) is 0 Å². The number of rotatable bonds is 3. The zero-order valence-electron chi connectivity index (χ0n) is 10.3. The van der Waals surface area contributed by atoms with E-state index in [1.165, 1.54) is 12.8 Å². The highest BCUT2D eigenvalue weighted by Gasteiger charge is 2.17. The van der Waals surface area contributed by atoms with E-state index in [-0.39, 0.29) is 6.54 Å². The molecule has 1 aliphatic heterocycles. The van der Waals surface area contributed by atoms with Crippen LogP contribution >= 0.6 is 0 Å². The molecule has 1 unspecified atom stereocenters. The summed E-state index contributed by atoms with van der Waals surface area (Å²) in [6.07, 6.45) is 3.56. The average molecular weight is 235 g/mol. The highest BCUT2D eigenvalue weighted by atomic mass is 16.3. The first-order valence-corrected chi connectivity index (χ1v) is 6.29. The summed E-state index contributed by atoms with van der Waals surface area (Å²) in [5, 5.41) is 9.69. The molecule has 4 nitrogen and oxygen atoms in total. The van der Waals surface area contributed by atoms with Crippen LogP contribution in [0.25, 0.3) is 0 Å². The molecular formula is C13H21N3O. The van der Waals surface area contributed by atoms with Crippen LogP contribution in [-0.2, 0) is 0 Å². The highest BCUT2D eigenvalue weighted by molar-refractivity contribution is 5.47. The zero-order valence-corrected chi connectivity index (χ0v) is 10.3. The molecule has 1 atom stereocenters. The maximum absolute atomic E-state index is 9.69. The molecule has 0 aromatic carbocycles. The van der Waals surface area contributed by atoms with Crippen molar-refractivity contribution >= 4 is 5.69 Å². The van der Waals surface area contributed by atoms with Gasteiger partial charge in [0.05, 0.1) is 5.69 Å². The van der Waals surface area contributed by atoms with Gasteiger partial charge in [-0.1, -0.05) is 6.92 Å². The lowest BCUT2D eigenvalue weighted by Crippen LogP contribution is -2.32. The Labute approximate surface area is 102 Å². The van der Waals surface area contributed by atoms with Gasteiger partial charge in [-0.05, 0) is 30.9 Å². The SMILES string of the molecule is CC1CCN(c2ccnc(C(O)CN)c2)CC1. The molecule has 17 heavy (non-hydrogen) atoms. The third-order valence-electron chi connectivity index (χ3n) is 3.48. The summed E-state index contributed by atoms with van der Waals surface area (Å²) in [5.74, 6) is 0.821. The summed E-state index contributed by atoms with van der Waals surface area (Å²) in [7, 11) is 0. The molecule has 0 aliphatic carbocycles. The molecule has 2 rings (SSSR count). The van der Waals surface area contributed by atoms with E-state index < -0.39 is 6.10 Å². The Morgan fingerprint density at radius 2 is 2.24 bits per heavy atom. The fourth-order valence-electron chi connectivity index (χ4n) is 2.20. The molecule has 0 saturated carbocycles. The van der Waals surface area contributed by atoms with Gasteiger partial charge in [-0.25, -0.2) is 0 Å². The molecule has 0 radical (unpaired) electrons. The monoisotopic (exact) mass is 235 g/mol. The van der Waals surface area contributed by atoms with Crippen molar-refractivity contribution in [2.45, 2.75) is 25.9 Å². The van der Waals surface area contributed by atoms with Gasteiger partial charge in [-0.3, -0.25) is 4.98 Å². The van der Waals surface area contributed by atoms with E-state index in [4.69, 9.17) is 5.73 Å². The quantitative estimate of drug-likeness (QED) is 0.829. The lowest BCUT2D eigenvalue weighted by molar-refractivity contribution is 0.182. The zero-order chi connectivity index (χ0) is 12.3. The summed E-state index contributed by atoms with van der Waals surface area (Å²) in [6.45, 7) is 4.69. The second kappa shape index (κ2) is 5.47. The Morgan fingerprint density at radius 1 is 1.53 bits per heavy atom. The fraction of sp³-hybridized carbons (Fsp3) is 0.615. The number of aliphatic hydroxyl groups excluding tert-OH is 1. The molecule has 94 valence electrons. The van der Waals surface area contributed by atoms with E-state index in [2.05, 4.69) is 16.8 Å². The van der Waals surface area contributed by atoms with Gasteiger partial charge in [0.15, 0.2) is 0 Å². The van der Waals surface area contributed by atoms with Gasteiger partial charge >= 0.3 is 0 Å². The van der Waals surface area contributed by atoms with Crippen LogP contribution in [0.3, 0.4) is 0 Å². The Balaban J connectivity index is 2.10. The van der Waals surface area contributed by atoms with Crippen molar-refractivity contribution in [2.75, 3.05) is 24.5 Å². The molecule has 1 aromatic heterocycles. The van der Waals surface area contributed by atoms with Crippen molar-refractivity contribution in [2.24, 2.45) is 11.7 Å². The number of anilines is 1. The summed E-state index contributed by atoms with van der Waals surface area (Å²) in [6, 6.07) is 3.95. The smallest absolute Gasteiger partial charge is 0.108 e. The number of hydrogen-bond acceptors (Lipinski definition) is 4. The minimum atomic E-state index is -0.654. The topological polar surface area (TPSA) is 62.4 Å². The molecule has 1 aromatic rings. The minimum absolute atomic E-state index is 0.216. The van der Waals surface area contributed by atoms with Gasteiger partial charge in [0.2, 0.25) is 0 Å². The molecule has 4 heteroatoms. The number of nitrogens with two attached hydrogens (primary N) is 1. The van der Waals surface area contributed by atoms with E-state index in [1.54, 1.807) is 6.20 Å². The third kappa shape index (κ3) is 2.96. The standard InChI is InChI=1S/C13H21N3O/c1-10-3-6-16(7-4-10)11-2-5-15-12(8-11)13(17)9-14/h2,5,8,10,13,17H,3-4,6-7,9,14H2,1H3. The number of aliphatic hydroxyl groups is 1. The van der Waals surface area contributed by atoms with Crippen molar-refractivity contribution < 1.29 is 5.11 Å². The largest absolute Gasteiger partial charge is 0.385 e. The van der Waals surface area contributed by atoms with E-state index in [0.717, 1.165) is 24.7 Å². The van der Waals surface area contributed by atoms with Gasteiger partial charge in [0.1, 0.15) is 6.10 Å². The van der Waals surface area contributed by atoms with Crippen molar-refractivity contribution in [1.29, 1.82) is 0 Å². The Kier molecular flexibility index (Phi) is 3.97. The number of piperidine rings is 1. The average Bonchev–Trinajstić information content (AvgIpc) is 2.39. The van der Waals surface area contributed by atoms with Gasteiger partial charge in [0, 0.05) is 31.5 Å². The van der Waals surface area contributed by atoms with Crippen LogP contribution in [0.4, 0.5) is 5.69 Å². The predicted molar refractivity (Wildman–Crippen MR) is 68.9 cm³/mol. The molecule has 0 spiro atoms. The van der Waals surface area contributed by atoms with Crippen LogP contribution < -0.4 is 10.6 Å². The first-order valence-electron chi connectivity index (χ1n) is 6.29. The Bertz CT molecular complexity index is 361. The van der Waals surface area contributed by atoms with Gasteiger partial charge < -0.3 is 15.7 Å². The van der Waals surface area contributed by atoms with Crippen LogP contribution in [0.1, 0.15) is 31.6 Å². The highest BCUT2D eigenvalue weighted by Crippen LogP contribution is 2.24. The predicted octanol–water partition coefficient (Wildman–Crippen LogP) is 1.31. The van der Waals surface area contributed by atoms with Crippen LogP contribution in [0.5, 0.6) is 0 Å². The maximum Gasteiger partial charge on any atom is 0.108 e. The second-order valence-corrected chi connectivity index (χ2v) is 4.86. The van der Waals surface area contributed by atoms with Crippen LogP contribution in [0.2, 0.25) is 0 Å².